The summed E-state index contributed by atoms with van der Waals surface area (Å²) in [6.07, 6.45) is 3.18. The van der Waals surface area contributed by atoms with E-state index in [9.17, 15) is 0 Å². The molecular formula is C14H23NOS. The van der Waals surface area contributed by atoms with E-state index in [1.54, 1.807) is 0 Å². The maximum absolute atomic E-state index is 5.56. The third kappa shape index (κ3) is 5.46. The lowest BCUT2D eigenvalue weighted by Crippen LogP contribution is -2.21. The highest BCUT2D eigenvalue weighted by atomic mass is 32.2. The van der Waals surface area contributed by atoms with Crippen LogP contribution >= 0.6 is 11.8 Å². The zero-order valence-electron chi connectivity index (χ0n) is 11.0. The van der Waals surface area contributed by atoms with E-state index in [2.05, 4.69) is 49.7 Å². The summed E-state index contributed by atoms with van der Waals surface area (Å²) in [7, 11) is 0. The highest BCUT2D eigenvalue weighted by molar-refractivity contribution is 7.98. The fraction of sp³-hybridized carbons (Fsp3) is 0.571. The molecule has 96 valence electrons. The van der Waals surface area contributed by atoms with E-state index in [1.165, 1.54) is 5.56 Å². The van der Waals surface area contributed by atoms with E-state index in [-0.39, 0.29) is 0 Å². The Morgan fingerprint density at radius 3 is 2.59 bits per heavy atom. The third-order valence-electron chi connectivity index (χ3n) is 2.61. The molecule has 1 rings (SSSR count). The van der Waals surface area contributed by atoms with Crippen LogP contribution in [0, 0.1) is 0 Å². The molecule has 1 N–H and O–H groups in total. The van der Waals surface area contributed by atoms with Crippen molar-refractivity contribution in [2.75, 3.05) is 25.2 Å². The third-order valence-corrected chi connectivity index (χ3v) is 3.22. The van der Waals surface area contributed by atoms with E-state index in [1.807, 2.05) is 11.8 Å². The average molecular weight is 253 g/mol. The number of benzene rings is 1. The van der Waals surface area contributed by atoms with Crippen molar-refractivity contribution in [2.45, 2.75) is 26.3 Å². The number of ether oxygens (including phenoxy) is 1. The normalized spacial score (nSPS) is 12.4. The maximum Gasteiger partial charge on any atom is 0.119 e. The Morgan fingerprint density at radius 1 is 1.29 bits per heavy atom. The van der Waals surface area contributed by atoms with E-state index < -0.39 is 0 Å². The van der Waals surface area contributed by atoms with Gasteiger partial charge in [-0.3, -0.25) is 0 Å². The Labute approximate surface area is 109 Å². The van der Waals surface area contributed by atoms with E-state index in [0.29, 0.717) is 6.04 Å². The number of hydrogen-bond donors (Lipinski definition) is 1. The molecule has 0 radical (unpaired) electrons. The largest absolute Gasteiger partial charge is 0.494 e. The first-order valence-corrected chi connectivity index (χ1v) is 7.62. The van der Waals surface area contributed by atoms with Crippen molar-refractivity contribution in [3.63, 3.8) is 0 Å². The monoisotopic (exact) mass is 253 g/mol. The van der Waals surface area contributed by atoms with Crippen molar-refractivity contribution in [2.24, 2.45) is 0 Å². The van der Waals surface area contributed by atoms with E-state index in [4.69, 9.17) is 4.74 Å². The number of nitrogens with one attached hydrogen (secondary N) is 1. The molecule has 2 nitrogen and oxygen atoms in total. The molecule has 1 aromatic carbocycles. The van der Waals surface area contributed by atoms with Gasteiger partial charge in [0.25, 0.3) is 0 Å². The molecule has 0 aliphatic rings. The molecule has 0 saturated heterocycles. The summed E-state index contributed by atoms with van der Waals surface area (Å²) in [6.45, 7) is 6.16. The highest BCUT2D eigenvalue weighted by Gasteiger charge is 2.04. The molecule has 0 saturated carbocycles. The lowest BCUT2D eigenvalue weighted by atomic mass is 10.1. The topological polar surface area (TPSA) is 21.3 Å². The minimum Gasteiger partial charge on any atom is -0.494 e. The van der Waals surface area contributed by atoms with Crippen LogP contribution < -0.4 is 10.1 Å². The van der Waals surface area contributed by atoms with Gasteiger partial charge in [-0.2, -0.15) is 11.8 Å². The zero-order valence-corrected chi connectivity index (χ0v) is 11.8. The minimum atomic E-state index is 0.405. The Balaban J connectivity index is 2.43. The van der Waals surface area contributed by atoms with Crippen LogP contribution in [0.2, 0.25) is 0 Å². The molecule has 0 bridgehead atoms. The van der Waals surface area contributed by atoms with Gasteiger partial charge in [0.1, 0.15) is 5.75 Å². The van der Waals surface area contributed by atoms with Crippen molar-refractivity contribution in [1.82, 2.24) is 5.32 Å². The van der Waals surface area contributed by atoms with Crippen LogP contribution in [0.25, 0.3) is 0 Å². The summed E-state index contributed by atoms with van der Waals surface area (Å²) in [4.78, 5) is 0. The Kier molecular flexibility index (Phi) is 7.13. The van der Waals surface area contributed by atoms with Gasteiger partial charge in [0.2, 0.25) is 0 Å². The molecule has 1 aromatic rings. The van der Waals surface area contributed by atoms with Crippen LogP contribution in [-0.4, -0.2) is 25.2 Å². The fourth-order valence-electron chi connectivity index (χ4n) is 1.57. The van der Waals surface area contributed by atoms with Gasteiger partial charge in [-0.25, -0.2) is 0 Å². The molecule has 0 heterocycles. The van der Waals surface area contributed by atoms with Crippen molar-refractivity contribution >= 4 is 11.8 Å². The van der Waals surface area contributed by atoms with Gasteiger partial charge in [-0.15, -0.1) is 0 Å². The predicted octanol–water partition coefficient (Wildman–Crippen LogP) is 3.49. The van der Waals surface area contributed by atoms with Gasteiger partial charge in [0.15, 0.2) is 0 Å². The Bertz CT molecular complexity index is 300. The molecule has 1 atom stereocenters. The van der Waals surface area contributed by atoms with Crippen molar-refractivity contribution in [3.05, 3.63) is 29.8 Å². The molecule has 0 amide bonds. The molecule has 0 aliphatic carbocycles. The van der Waals surface area contributed by atoms with Crippen LogP contribution in [0.5, 0.6) is 5.75 Å². The predicted molar refractivity (Wildman–Crippen MR) is 77.0 cm³/mol. The molecule has 0 aliphatic heterocycles. The van der Waals surface area contributed by atoms with Crippen LogP contribution in [0.3, 0.4) is 0 Å². The first-order chi connectivity index (χ1) is 8.27. The summed E-state index contributed by atoms with van der Waals surface area (Å²) in [5.74, 6) is 2.12. The summed E-state index contributed by atoms with van der Waals surface area (Å²) >= 11 is 1.87. The molecular weight excluding hydrogens is 230 g/mol. The first-order valence-electron chi connectivity index (χ1n) is 6.23. The molecule has 0 fully saturated rings. The maximum atomic E-state index is 5.56. The lowest BCUT2D eigenvalue weighted by Gasteiger charge is -2.14. The van der Waals surface area contributed by atoms with Crippen molar-refractivity contribution in [1.29, 1.82) is 0 Å². The SMILES string of the molecule is CCCOc1ccc(C(C)NCCSC)cc1. The van der Waals surface area contributed by atoms with Gasteiger partial charge in [0, 0.05) is 18.3 Å². The molecule has 17 heavy (non-hydrogen) atoms. The summed E-state index contributed by atoms with van der Waals surface area (Å²) in [5.41, 5.74) is 1.31. The van der Waals surface area contributed by atoms with Crippen molar-refractivity contribution < 1.29 is 4.74 Å². The second kappa shape index (κ2) is 8.43. The second-order valence-electron chi connectivity index (χ2n) is 4.09. The van der Waals surface area contributed by atoms with Crippen LogP contribution in [0.4, 0.5) is 0 Å². The fourth-order valence-corrected chi connectivity index (χ4v) is 1.89. The van der Waals surface area contributed by atoms with Gasteiger partial charge in [0.05, 0.1) is 6.61 Å². The van der Waals surface area contributed by atoms with Gasteiger partial charge in [-0.05, 0) is 37.3 Å². The Hall–Kier alpha value is -0.670. The van der Waals surface area contributed by atoms with Crippen LogP contribution in [0.15, 0.2) is 24.3 Å². The number of thioether (sulfide) groups is 1. The van der Waals surface area contributed by atoms with Gasteiger partial charge < -0.3 is 10.1 Å². The summed E-state index contributed by atoms with van der Waals surface area (Å²) in [6, 6.07) is 8.79. The molecule has 0 aromatic heterocycles. The van der Waals surface area contributed by atoms with Gasteiger partial charge in [-0.1, -0.05) is 19.1 Å². The van der Waals surface area contributed by atoms with Crippen LogP contribution in [0.1, 0.15) is 31.9 Å². The first kappa shape index (κ1) is 14.4. The number of hydrogen-bond acceptors (Lipinski definition) is 3. The van der Waals surface area contributed by atoms with Crippen molar-refractivity contribution in [3.8, 4) is 5.75 Å². The summed E-state index contributed by atoms with van der Waals surface area (Å²) < 4.78 is 5.56. The minimum absolute atomic E-state index is 0.405. The quantitative estimate of drug-likeness (QED) is 0.717. The average Bonchev–Trinajstić information content (AvgIpc) is 2.37. The molecule has 3 heteroatoms. The Morgan fingerprint density at radius 2 is 2.00 bits per heavy atom. The highest BCUT2D eigenvalue weighted by Crippen LogP contribution is 2.17. The lowest BCUT2D eigenvalue weighted by molar-refractivity contribution is 0.317. The van der Waals surface area contributed by atoms with E-state index in [0.717, 1.165) is 31.1 Å². The standard InChI is InChI=1S/C14H23NOS/c1-4-10-16-14-7-5-13(6-8-14)12(2)15-9-11-17-3/h5-8,12,15H,4,9-11H2,1-3H3. The molecule has 1 unspecified atom stereocenters. The van der Waals surface area contributed by atoms with E-state index >= 15 is 0 Å². The second-order valence-corrected chi connectivity index (χ2v) is 5.07. The van der Waals surface area contributed by atoms with Crippen LogP contribution in [-0.2, 0) is 0 Å². The van der Waals surface area contributed by atoms with Gasteiger partial charge >= 0.3 is 0 Å². The molecule has 0 spiro atoms. The number of rotatable bonds is 8. The smallest absolute Gasteiger partial charge is 0.119 e. The summed E-state index contributed by atoms with van der Waals surface area (Å²) in [5, 5.41) is 3.50. The zero-order chi connectivity index (χ0) is 12.5.